The molecule has 0 radical (unpaired) electrons. The average Bonchev–Trinajstić information content (AvgIpc) is 2.29. The minimum absolute atomic E-state index is 0.0149. The molecular formula is C12H19N5. The number of anilines is 1. The van der Waals surface area contributed by atoms with E-state index in [1.165, 1.54) is 0 Å². The van der Waals surface area contributed by atoms with Gasteiger partial charge in [0.2, 0.25) is 0 Å². The van der Waals surface area contributed by atoms with Crippen molar-refractivity contribution in [2.75, 3.05) is 11.4 Å². The molecule has 0 spiro atoms. The molecule has 5 nitrogen and oxygen atoms in total. The second-order valence-electron chi connectivity index (χ2n) is 4.81. The highest BCUT2D eigenvalue weighted by atomic mass is 15.2. The smallest absolute Gasteiger partial charge is 0.158 e. The van der Waals surface area contributed by atoms with Crippen LogP contribution in [0.2, 0.25) is 0 Å². The molecule has 2 unspecified atom stereocenters. The Morgan fingerprint density at radius 3 is 2.76 bits per heavy atom. The molecule has 0 aliphatic carbocycles. The molecule has 1 saturated heterocycles. The maximum absolute atomic E-state index is 7.55. The summed E-state index contributed by atoms with van der Waals surface area (Å²) in [5.74, 6) is 1.48. The Hall–Kier alpha value is -1.65. The van der Waals surface area contributed by atoms with E-state index in [2.05, 4.69) is 28.7 Å². The number of hydrogen-bond donors (Lipinski definition) is 2. The zero-order valence-corrected chi connectivity index (χ0v) is 10.3. The largest absolute Gasteiger partial charge is 0.382 e. The van der Waals surface area contributed by atoms with Crippen LogP contribution in [0.5, 0.6) is 0 Å². The lowest BCUT2D eigenvalue weighted by Crippen LogP contribution is -2.42. The van der Waals surface area contributed by atoms with Crippen molar-refractivity contribution < 1.29 is 0 Å². The highest BCUT2D eigenvalue weighted by Crippen LogP contribution is 2.27. The standard InChI is InChI=1S/C12H19N5/c1-8-3-6-17(9(2)7-8)12-10(11(13)14)15-4-5-16-12/h4-5,8-9H,3,6-7H2,1-2H3,(H3,13,14). The van der Waals surface area contributed by atoms with Crippen molar-refractivity contribution in [1.82, 2.24) is 9.97 Å². The van der Waals surface area contributed by atoms with E-state index < -0.39 is 0 Å². The van der Waals surface area contributed by atoms with Gasteiger partial charge in [0.15, 0.2) is 5.82 Å². The van der Waals surface area contributed by atoms with E-state index in [1.807, 2.05) is 0 Å². The van der Waals surface area contributed by atoms with Crippen LogP contribution in [0.3, 0.4) is 0 Å². The Morgan fingerprint density at radius 1 is 1.41 bits per heavy atom. The molecule has 2 rings (SSSR count). The van der Waals surface area contributed by atoms with Crippen molar-refractivity contribution in [3.63, 3.8) is 0 Å². The number of piperidine rings is 1. The third kappa shape index (κ3) is 2.38. The Morgan fingerprint density at radius 2 is 2.12 bits per heavy atom. The minimum Gasteiger partial charge on any atom is -0.382 e. The summed E-state index contributed by atoms with van der Waals surface area (Å²) < 4.78 is 0. The Labute approximate surface area is 102 Å². The summed E-state index contributed by atoms with van der Waals surface area (Å²) in [6, 6.07) is 0.425. The first-order valence-corrected chi connectivity index (χ1v) is 6.01. The van der Waals surface area contributed by atoms with Crippen LogP contribution in [0.1, 0.15) is 32.4 Å². The van der Waals surface area contributed by atoms with Crippen molar-refractivity contribution in [2.45, 2.75) is 32.7 Å². The number of aromatic nitrogens is 2. The van der Waals surface area contributed by atoms with Crippen LogP contribution in [-0.2, 0) is 0 Å². The van der Waals surface area contributed by atoms with E-state index >= 15 is 0 Å². The van der Waals surface area contributed by atoms with E-state index in [-0.39, 0.29) is 5.84 Å². The van der Waals surface area contributed by atoms with Crippen molar-refractivity contribution in [3.05, 3.63) is 18.1 Å². The first kappa shape index (κ1) is 11.8. The van der Waals surface area contributed by atoms with Gasteiger partial charge in [0.05, 0.1) is 0 Å². The Bertz CT molecular complexity index is 417. The van der Waals surface area contributed by atoms with Crippen LogP contribution in [0.15, 0.2) is 12.4 Å². The van der Waals surface area contributed by atoms with E-state index in [0.717, 1.165) is 31.1 Å². The number of amidine groups is 1. The normalized spacial score (nSPS) is 24.7. The summed E-state index contributed by atoms with van der Waals surface area (Å²) in [7, 11) is 0. The average molecular weight is 233 g/mol. The van der Waals surface area contributed by atoms with Crippen molar-refractivity contribution in [1.29, 1.82) is 5.41 Å². The van der Waals surface area contributed by atoms with E-state index in [4.69, 9.17) is 11.1 Å². The molecule has 1 aliphatic rings. The minimum atomic E-state index is -0.0149. The maximum atomic E-state index is 7.55. The quantitative estimate of drug-likeness (QED) is 0.597. The van der Waals surface area contributed by atoms with Gasteiger partial charge in [-0.15, -0.1) is 0 Å². The van der Waals surface area contributed by atoms with Gasteiger partial charge < -0.3 is 10.6 Å². The fourth-order valence-corrected chi connectivity index (χ4v) is 2.45. The highest BCUT2D eigenvalue weighted by molar-refractivity contribution is 5.97. The number of nitrogens with one attached hydrogen (secondary N) is 1. The molecule has 2 atom stereocenters. The molecule has 1 aromatic rings. The summed E-state index contributed by atoms with van der Waals surface area (Å²) in [5, 5.41) is 7.55. The second kappa shape index (κ2) is 4.69. The van der Waals surface area contributed by atoms with Gasteiger partial charge in [-0.25, -0.2) is 9.97 Å². The molecule has 0 saturated carbocycles. The second-order valence-corrected chi connectivity index (χ2v) is 4.81. The maximum Gasteiger partial charge on any atom is 0.158 e. The van der Waals surface area contributed by atoms with Gasteiger partial charge >= 0.3 is 0 Å². The van der Waals surface area contributed by atoms with Gasteiger partial charge in [0, 0.05) is 25.0 Å². The zero-order valence-electron chi connectivity index (χ0n) is 10.3. The van der Waals surface area contributed by atoms with Crippen molar-refractivity contribution in [2.24, 2.45) is 11.7 Å². The molecule has 2 heterocycles. The van der Waals surface area contributed by atoms with Crippen LogP contribution < -0.4 is 10.6 Å². The lowest BCUT2D eigenvalue weighted by atomic mass is 9.93. The van der Waals surface area contributed by atoms with Gasteiger partial charge in [0.1, 0.15) is 11.5 Å². The van der Waals surface area contributed by atoms with E-state index in [9.17, 15) is 0 Å². The molecule has 1 aromatic heterocycles. The number of rotatable bonds is 2. The molecule has 0 aromatic carbocycles. The monoisotopic (exact) mass is 233 g/mol. The Balaban J connectivity index is 2.30. The molecule has 92 valence electrons. The van der Waals surface area contributed by atoms with Gasteiger partial charge in [-0.05, 0) is 25.7 Å². The SMILES string of the molecule is CC1CCN(c2nccnc2C(=N)N)C(C)C1. The third-order valence-electron chi connectivity index (χ3n) is 3.34. The van der Waals surface area contributed by atoms with Gasteiger partial charge in [-0.3, -0.25) is 5.41 Å². The number of nitrogens with two attached hydrogens (primary N) is 1. The molecule has 3 N–H and O–H groups in total. The molecular weight excluding hydrogens is 214 g/mol. The van der Waals surface area contributed by atoms with Gasteiger partial charge in [0.25, 0.3) is 0 Å². The molecule has 0 bridgehead atoms. The lowest BCUT2D eigenvalue weighted by molar-refractivity contribution is 0.375. The fraction of sp³-hybridized carbons (Fsp3) is 0.583. The first-order chi connectivity index (χ1) is 8.09. The first-order valence-electron chi connectivity index (χ1n) is 6.01. The fourth-order valence-electron chi connectivity index (χ4n) is 2.45. The van der Waals surface area contributed by atoms with Crippen LogP contribution in [-0.4, -0.2) is 28.4 Å². The molecule has 1 fully saturated rings. The van der Waals surface area contributed by atoms with Gasteiger partial charge in [-0.2, -0.15) is 0 Å². The van der Waals surface area contributed by atoms with Gasteiger partial charge in [-0.1, -0.05) is 6.92 Å². The number of nitrogen functional groups attached to an aromatic ring is 1. The summed E-state index contributed by atoms with van der Waals surface area (Å²) in [6.07, 6.45) is 5.54. The summed E-state index contributed by atoms with van der Waals surface area (Å²) >= 11 is 0. The molecule has 0 amide bonds. The number of hydrogen-bond acceptors (Lipinski definition) is 4. The summed E-state index contributed by atoms with van der Waals surface area (Å²) in [4.78, 5) is 10.7. The van der Waals surface area contributed by atoms with Crippen LogP contribution in [0.25, 0.3) is 0 Å². The molecule has 17 heavy (non-hydrogen) atoms. The zero-order chi connectivity index (χ0) is 12.4. The predicted molar refractivity (Wildman–Crippen MR) is 68.3 cm³/mol. The third-order valence-corrected chi connectivity index (χ3v) is 3.34. The predicted octanol–water partition coefficient (Wildman–Crippen LogP) is 1.39. The Kier molecular flexibility index (Phi) is 3.26. The lowest BCUT2D eigenvalue weighted by Gasteiger charge is -2.37. The molecule has 5 heteroatoms. The summed E-state index contributed by atoms with van der Waals surface area (Å²) in [6.45, 7) is 5.42. The van der Waals surface area contributed by atoms with E-state index in [0.29, 0.717) is 11.7 Å². The molecule has 1 aliphatic heterocycles. The van der Waals surface area contributed by atoms with Crippen molar-refractivity contribution in [3.8, 4) is 0 Å². The van der Waals surface area contributed by atoms with Crippen molar-refractivity contribution >= 4 is 11.7 Å². The van der Waals surface area contributed by atoms with Crippen LogP contribution in [0, 0.1) is 11.3 Å². The van der Waals surface area contributed by atoms with Crippen LogP contribution >= 0.6 is 0 Å². The topological polar surface area (TPSA) is 78.9 Å². The highest BCUT2D eigenvalue weighted by Gasteiger charge is 2.26. The summed E-state index contributed by atoms with van der Waals surface area (Å²) in [5.41, 5.74) is 6.04. The number of nitrogens with zero attached hydrogens (tertiary/aromatic N) is 3. The van der Waals surface area contributed by atoms with Crippen LogP contribution in [0.4, 0.5) is 5.82 Å². The van der Waals surface area contributed by atoms with E-state index in [1.54, 1.807) is 12.4 Å².